The van der Waals surface area contributed by atoms with Crippen LogP contribution in [0.2, 0.25) is 0 Å². The summed E-state index contributed by atoms with van der Waals surface area (Å²) in [7, 11) is 0. The molecule has 0 spiro atoms. The van der Waals surface area contributed by atoms with Crippen molar-refractivity contribution in [3.05, 3.63) is 0 Å². The lowest BCUT2D eigenvalue weighted by molar-refractivity contribution is 0.158. The number of nitrogens with zero attached hydrogens (tertiary/aromatic N) is 1. The number of hydrogen-bond acceptors (Lipinski definition) is 4. The Balaban J connectivity index is 0.000000400. The molecule has 2 rings (SSSR count). The number of rotatable bonds is 11. The molecule has 0 radical (unpaired) electrons. The summed E-state index contributed by atoms with van der Waals surface area (Å²) in [5.74, 6) is 0. The van der Waals surface area contributed by atoms with Crippen molar-refractivity contribution in [3.8, 4) is 0 Å². The molecule has 0 aromatic heterocycles. The van der Waals surface area contributed by atoms with Crippen LogP contribution in [0, 0.1) is 0 Å². The Labute approximate surface area is 146 Å². The van der Waals surface area contributed by atoms with Gasteiger partial charge in [0, 0.05) is 6.54 Å². The average molecular weight is 342 g/mol. The number of ether oxygens (including phenoxy) is 2. The molecular formula is C18H34N2O4. The van der Waals surface area contributed by atoms with E-state index < -0.39 is 0 Å². The van der Waals surface area contributed by atoms with Gasteiger partial charge in [0.2, 0.25) is 0 Å². The second-order valence-electron chi connectivity index (χ2n) is 6.35. The van der Waals surface area contributed by atoms with E-state index in [2.05, 4.69) is 17.0 Å². The molecule has 0 aromatic carbocycles. The number of cyclic esters (lactones) is 2. The van der Waals surface area contributed by atoms with E-state index in [1.807, 2.05) is 4.90 Å². The summed E-state index contributed by atoms with van der Waals surface area (Å²) in [5, 5.41) is 2.46. The van der Waals surface area contributed by atoms with Gasteiger partial charge in [0.25, 0.3) is 0 Å². The number of carbonyl (C=O) groups is 2. The van der Waals surface area contributed by atoms with Crippen molar-refractivity contribution in [2.24, 2.45) is 0 Å². The van der Waals surface area contributed by atoms with E-state index in [9.17, 15) is 9.59 Å². The third-order valence-corrected chi connectivity index (χ3v) is 4.23. The molecule has 6 nitrogen and oxygen atoms in total. The lowest BCUT2D eigenvalue weighted by Gasteiger charge is -2.11. The van der Waals surface area contributed by atoms with Gasteiger partial charge in [-0.25, -0.2) is 9.59 Å². The van der Waals surface area contributed by atoms with Gasteiger partial charge in [0.15, 0.2) is 0 Å². The normalized spacial score (nSPS) is 16.3. The van der Waals surface area contributed by atoms with E-state index >= 15 is 0 Å². The molecule has 2 aliphatic heterocycles. The minimum absolute atomic E-state index is 0.120. The number of hydrogen-bond donors (Lipinski definition) is 1. The van der Waals surface area contributed by atoms with E-state index in [0.29, 0.717) is 19.8 Å². The lowest BCUT2D eigenvalue weighted by atomic mass is 10.1. The molecular weight excluding hydrogens is 308 g/mol. The molecule has 24 heavy (non-hydrogen) atoms. The van der Waals surface area contributed by atoms with Gasteiger partial charge in [0.1, 0.15) is 13.2 Å². The van der Waals surface area contributed by atoms with Crippen LogP contribution >= 0.6 is 0 Å². The van der Waals surface area contributed by atoms with E-state index in [0.717, 1.165) is 19.5 Å². The predicted octanol–water partition coefficient (Wildman–Crippen LogP) is 4.09. The van der Waals surface area contributed by atoms with Crippen LogP contribution in [0.3, 0.4) is 0 Å². The highest BCUT2D eigenvalue weighted by Gasteiger charge is 2.20. The van der Waals surface area contributed by atoms with E-state index in [-0.39, 0.29) is 12.2 Å². The van der Waals surface area contributed by atoms with E-state index in [4.69, 9.17) is 4.74 Å². The van der Waals surface area contributed by atoms with Crippen molar-refractivity contribution in [3.63, 3.8) is 0 Å². The molecule has 2 aliphatic rings. The first kappa shape index (κ1) is 20.6. The molecule has 2 saturated heterocycles. The Bertz CT molecular complexity index is 342. The fourth-order valence-corrected chi connectivity index (χ4v) is 2.77. The summed E-state index contributed by atoms with van der Waals surface area (Å²) < 4.78 is 9.30. The van der Waals surface area contributed by atoms with Gasteiger partial charge < -0.3 is 19.7 Å². The molecule has 1 N–H and O–H groups in total. The van der Waals surface area contributed by atoms with Crippen molar-refractivity contribution in [2.75, 3.05) is 32.8 Å². The molecule has 0 atom stereocenters. The third-order valence-electron chi connectivity index (χ3n) is 4.23. The Hall–Kier alpha value is -1.46. The Morgan fingerprint density at radius 1 is 0.875 bits per heavy atom. The standard InChI is InChI=1S/C15H29NO2.C3H5NO2/c1-2-3-4-5-6-7-8-9-10-11-12-16-13-14-18-15(16)17;5-3-4-1-2-6-3/h2-14H2,1H3;1-2H2,(H,4,5). The van der Waals surface area contributed by atoms with E-state index in [1.165, 1.54) is 57.8 Å². The minimum atomic E-state index is -0.296. The molecule has 0 saturated carbocycles. The van der Waals surface area contributed by atoms with Crippen LogP contribution in [0.5, 0.6) is 0 Å². The number of nitrogens with one attached hydrogen (secondary N) is 1. The van der Waals surface area contributed by atoms with Crippen molar-refractivity contribution >= 4 is 12.2 Å². The van der Waals surface area contributed by atoms with Crippen LogP contribution in [0.15, 0.2) is 0 Å². The molecule has 2 amide bonds. The predicted molar refractivity (Wildman–Crippen MR) is 94.1 cm³/mol. The van der Waals surface area contributed by atoms with E-state index in [1.54, 1.807) is 0 Å². The fourth-order valence-electron chi connectivity index (χ4n) is 2.77. The minimum Gasteiger partial charge on any atom is -0.448 e. The molecule has 140 valence electrons. The summed E-state index contributed by atoms with van der Waals surface area (Å²) in [4.78, 5) is 22.9. The van der Waals surface area contributed by atoms with Crippen LogP contribution in [0.1, 0.15) is 71.1 Å². The molecule has 0 aromatic rings. The van der Waals surface area contributed by atoms with Crippen LogP contribution in [0.4, 0.5) is 9.59 Å². The molecule has 0 aliphatic carbocycles. The number of carbonyl (C=O) groups excluding carboxylic acids is 2. The maximum Gasteiger partial charge on any atom is 0.409 e. The summed E-state index contributed by atoms with van der Waals surface area (Å²) >= 11 is 0. The van der Waals surface area contributed by atoms with Gasteiger partial charge in [-0.05, 0) is 6.42 Å². The van der Waals surface area contributed by atoms with Crippen LogP contribution < -0.4 is 5.32 Å². The Kier molecular flexibility index (Phi) is 11.9. The largest absolute Gasteiger partial charge is 0.448 e. The van der Waals surface area contributed by atoms with Crippen LogP contribution in [-0.2, 0) is 9.47 Å². The maximum absolute atomic E-state index is 11.2. The zero-order chi connectivity index (χ0) is 17.5. The summed E-state index contributed by atoms with van der Waals surface area (Å²) in [6.45, 7) is 5.70. The fraction of sp³-hybridized carbons (Fsp3) is 0.889. The molecule has 0 bridgehead atoms. The van der Waals surface area contributed by atoms with Gasteiger partial charge in [0.05, 0.1) is 13.1 Å². The summed E-state index contributed by atoms with van der Waals surface area (Å²) in [6.07, 6.45) is 13.0. The number of unbranched alkanes of at least 4 members (excludes halogenated alkanes) is 9. The SMILES string of the molecule is CCCCCCCCCCCCN1CCOC1=O.O=C1NCCO1. The number of alkyl carbamates (subject to hydrolysis) is 1. The average Bonchev–Trinajstić information content (AvgIpc) is 3.21. The smallest absolute Gasteiger partial charge is 0.409 e. The first-order chi connectivity index (χ1) is 11.7. The highest BCUT2D eigenvalue weighted by atomic mass is 16.6. The summed E-state index contributed by atoms with van der Waals surface area (Å²) in [5.41, 5.74) is 0. The van der Waals surface area contributed by atoms with Gasteiger partial charge in [-0.2, -0.15) is 0 Å². The second kappa shape index (κ2) is 13.9. The summed E-state index contributed by atoms with van der Waals surface area (Å²) in [6, 6.07) is 0. The highest BCUT2D eigenvalue weighted by molar-refractivity contribution is 5.69. The highest BCUT2D eigenvalue weighted by Crippen LogP contribution is 2.11. The Morgan fingerprint density at radius 2 is 1.50 bits per heavy atom. The van der Waals surface area contributed by atoms with Crippen molar-refractivity contribution in [2.45, 2.75) is 71.1 Å². The van der Waals surface area contributed by atoms with Crippen LogP contribution in [0.25, 0.3) is 0 Å². The lowest BCUT2D eigenvalue weighted by Crippen LogP contribution is -2.25. The van der Waals surface area contributed by atoms with Gasteiger partial charge >= 0.3 is 12.2 Å². The van der Waals surface area contributed by atoms with Gasteiger partial charge in [-0.3, -0.25) is 0 Å². The first-order valence-electron chi connectivity index (χ1n) is 9.56. The molecule has 0 unspecified atom stereocenters. The molecule has 2 fully saturated rings. The molecule has 2 heterocycles. The van der Waals surface area contributed by atoms with Gasteiger partial charge in [-0.1, -0.05) is 64.7 Å². The first-order valence-corrected chi connectivity index (χ1v) is 9.56. The Morgan fingerprint density at radius 3 is 1.92 bits per heavy atom. The quantitative estimate of drug-likeness (QED) is 0.574. The van der Waals surface area contributed by atoms with Crippen molar-refractivity contribution < 1.29 is 19.1 Å². The van der Waals surface area contributed by atoms with Gasteiger partial charge in [-0.15, -0.1) is 0 Å². The topological polar surface area (TPSA) is 67.9 Å². The van der Waals surface area contributed by atoms with Crippen LogP contribution in [-0.4, -0.2) is 49.9 Å². The second-order valence-corrected chi connectivity index (χ2v) is 6.35. The monoisotopic (exact) mass is 342 g/mol. The number of amides is 2. The third kappa shape index (κ3) is 10.3. The maximum atomic E-state index is 11.2. The van der Waals surface area contributed by atoms with Crippen molar-refractivity contribution in [1.29, 1.82) is 0 Å². The molecule has 6 heteroatoms. The van der Waals surface area contributed by atoms with Crippen molar-refractivity contribution in [1.82, 2.24) is 10.2 Å². The zero-order valence-corrected chi connectivity index (χ0v) is 15.2. The zero-order valence-electron chi connectivity index (χ0n) is 15.2.